The molecule has 0 amide bonds. The summed E-state index contributed by atoms with van der Waals surface area (Å²) in [5.41, 5.74) is 3.43. The molecule has 0 atom stereocenters. The second-order valence-corrected chi connectivity index (χ2v) is 5.08. The van der Waals surface area contributed by atoms with E-state index in [1.54, 1.807) is 34.9 Å². The fourth-order valence-electron chi connectivity index (χ4n) is 2.46. The third-order valence-electron chi connectivity index (χ3n) is 3.64. The van der Waals surface area contributed by atoms with Crippen molar-refractivity contribution in [3.63, 3.8) is 0 Å². The van der Waals surface area contributed by atoms with Crippen molar-refractivity contribution in [2.24, 2.45) is 0 Å². The largest absolute Gasteiger partial charge is 0.493 e. The van der Waals surface area contributed by atoms with Crippen molar-refractivity contribution >= 4 is 5.65 Å². The Labute approximate surface area is 132 Å². The van der Waals surface area contributed by atoms with E-state index >= 15 is 0 Å². The van der Waals surface area contributed by atoms with Crippen LogP contribution in [0.2, 0.25) is 0 Å². The molecule has 7 nitrogen and oxygen atoms in total. The Kier molecular flexibility index (Phi) is 3.04. The van der Waals surface area contributed by atoms with Crippen LogP contribution in [0.4, 0.5) is 0 Å². The molecule has 4 heterocycles. The normalized spacial score (nSPS) is 11.0. The summed E-state index contributed by atoms with van der Waals surface area (Å²) in [6, 6.07) is 5.70. The molecule has 0 saturated carbocycles. The molecule has 4 aromatic heterocycles. The van der Waals surface area contributed by atoms with Crippen LogP contribution in [0.25, 0.3) is 22.6 Å². The Hall–Kier alpha value is -3.22. The molecule has 7 heteroatoms. The van der Waals surface area contributed by atoms with E-state index in [4.69, 9.17) is 4.74 Å². The highest BCUT2D eigenvalue weighted by atomic mass is 16.5. The molecule has 0 spiro atoms. The van der Waals surface area contributed by atoms with Crippen LogP contribution in [0.15, 0.2) is 49.2 Å². The molecule has 0 radical (unpaired) electrons. The lowest BCUT2D eigenvalue weighted by atomic mass is 10.2. The highest BCUT2D eigenvalue weighted by Gasteiger charge is 2.13. The maximum absolute atomic E-state index is 5.28. The van der Waals surface area contributed by atoms with E-state index in [1.807, 2.05) is 37.5 Å². The Balaban J connectivity index is 1.81. The molecule has 0 aliphatic rings. The first-order chi connectivity index (χ1) is 11.3. The molecule has 0 saturated heterocycles. The highest BCUT2D eigenvalue weighted by Crippen LogP contribution is 2.26. The minimum Gasteiger partial charge on any atom is -0.493 e. The molecular formula is C16H14N6O. The summed E-state index contributed by atoms with van der Waals surface area (Å²) in [6.07, 6.45) is 9.04. The standard InChI is InChI=1S/C16H14N6O/c1-11-14(23-2)10-22-16(20-11)13(8-19-22)12-7-18-21(9-12)15-5-3-4-6-17-15/h3-10H,1-2H3. The molecule has 0 fully saturated rings. The topological polar surface area (TPSA) is 70.1 Å². The summed E-state index contributed by atoms with van der Waals surface area (Å²) in [5.74, 6) is 1.47. The summed E-state index contributed by atoms with van der Waals surface area (Å²) in [5, 5.41) is 8.72. The molecule has 0 N–H and O–H groups in total. The van der Waals surface area contributed by atoms with Gasteiger partial charge in [0.05, 0.1) is 31.4 Å². The Bertz CT molecular complexity index is 973. The minimum atomic E-state index is 0.705. The van der Waals surface area contributed by atoms with E-state index < -0.39 is 0 Å². The summed E-state index contributed by atoms with van der Waals surface area (Å²) in [4.78, 5) is 8.88. The van der Waals surface area contributed by atoms with Crippen LogP contribution in [0.5, 0.6) is 5.75 Å². The van der Waals surface area contributed by atoms with Gasteiger partial charge in [-0.2, -0.15) is 10.2 Å². The minimum absolute atomic E-state index is 0.705. The van der Waals surface area contributed by atoms with Gasteiger partial charge in [-0.1, -0.05) is 6.07 Å². The van der Waals surface area contributed by atoms with Gasteiger partial charge in [-0.3, -0.25) is 0 Å². The van der Waals surface area contributed by atoms with Gasteiger partial charge in [0.2, 0.25) is 0 Å². The zero-order valence-electron chi connectivity index (χ0n) is 12.7. The first-order valence-corrected chi connectivity index (χ1v) is 7.11. The third-order valence-corrected chi connectivity index (χ3v) is 3.64. The molecule has 0 unspecified atom stereocenters. The zero-order chi connectivity index (χ0) is 15.8. The second-order valence-electron chi connectivity index (χ2n) is 5.08. The van der Waals surface area contributed by atoms with Crippen molar-refractivity contribution in [2.75, 3.05) is 7.11 Å². The molecule has 0 aliphatic heterocycles. The first kappa shape index (κ1) is 13.4. The van der Waals surface area contributed by atoms with Crippen molar-refractivity contribution in [2.45, 2.75) is 6.92 Å². The average molecular weight is 306 g/mol. The smallest absolute Gasteiger partial charge is 0.163 e. The van der Waals surface area contributed by atoms with Crippen molar-refractivity contribution in [3.8, 4) is 22.7 Å². The number of fused-ring (bicyclic) bond motifs is 1. The molecule has 114 valence electrons. The summed E-state index contributed by atoms with van der Waals surface area (Å²) in [7, 11) is 1.62. The van der Waals surface area contributed by atoms with Gasteiger partial charge in [0.25, 0.3) is 0 Å². The number of hydrogen-bond acceptors (Lipinski definition) is 5. The second kappa shape index (κ2) is 5.20. The molecule has 0 aromatic carbocycles. The van der Waals surface area contributed by atoms with Crippen LogP contribution in [-0.2, 0) is 0 Å². The summed E-state index contributed by atoms with van der Waals surface area (Å²) >= 11 is 0. The lowest BCUT2D eigenvalue weighted by molar-refractivity contribution is 0.406. The van der Waals surface area contributed by atoms with E-state index in [9.17, 15) is 0 Å². The maximum Gasteiger partial charge on any atom is 0.163 e. The van der Waals surface area contributed by atoms with E-state index in [2.05, 4.69) is 20.2 Å². The first-order valence-electron chi connectivity index (χ1n) is 7.11. The monoisotopic (exact) mass is 306 g/mol. The number of methoxy groups -OCH3 is 1. The van der Waals surface area contributed by atoms with Gasteiger partial charge < -0.3 is 4.74 Å². The van der Waals surface area contributed by atoms with Crippen LogP contribution >= 0.6 is 0 Å². The fraction of sp³-hybridized carbons (Fsp3) is 0.125. The Morgan fingerprint density at radius 2 is 2.00 bits per heavy atom. The number of pyridine rings is 1. The quantitative estimate of drug-likeness (QED) is 0.581. The van der Waals surface area contributed by atoms with Gasteiger partial charge >= 0.3 is 0 Å². The van der Waals surface area contributed by atoms with Gasteiger partial charge in [0.1, 0.15) is 0 Å². The Morgan fingerprint density at radius 3 is 2.78 bits per heavy atom. The number of aryl methyl sites for hydroxylation is 1. The van der Waals surface area contributed by atoms with Crippen molar-refractivity contribution in [1.29, 1.82) is 0 Å². The predicted octanol–water partition coefficient (Wildman–Crippen LogP) is 2.29. The van der Waals surface area contributed by atoms with Crippen molar-refractivity contribution in [1.82, 2.24) is 29.4 Å². The van der Waals surface area contributed by atoms with Crippen LogP contribution in [0.3, 0.4) is 0 Å². The fourth-order valence-corrected chi connectivity index (χ4v) is 2.46. The van der Waals surface area contributed by atoms with E-state index in [0.717, 1.165) is 28.3 Å². The molecular weight excluding hydrogens is 292 g/mol. The SMILES string of the molecule is COc1cn2ncc(-c3cnn(-c4ccccn4)c3)c2nc1C. The summed E-state index contributed by atoms with van der Waals surface area (Å²) in [6.45, 7) is 1.91. The van der Waals surface area contributed by atoms with Crippen LogP contribution in [0.1, 0.15) is 5.69 Å². The van der Waals surface area contributed by atoms with E-state index in [0.29, 0.717) is 5.75 Å². The molecule has 0 bridgehead atoms. The van der Waals surface area contributed by atoms with E-state index in [-0.39, 0.29) is 0 Å². The molecule has 4 rings (SSSR count). The third kappa shape index (κ3) is 2.22. The van der Waals surface area contributed by atoms with Crippen LogP contribution in [-0.4, -0.2) is 36.5 Å². The van der Waals surface area contributed by atoms with Gasteiger partial charge in [0.15, 0.2) is 17.2 Å². The number of ether oxygens (including phenoxy) is 1. The van der Waals surface area contributed by atoms with Crippen LogP contribution in [0, 0.1) is 6.92 Å². The molecule has 4 aromatic rings. The van der Waals surface area contributed by atoms with Gasteiger partial charge in [-0.15, -0.1) is 0 Å². The highest BCUT2D eigenvalue weighted by molar-refractivity contribution is 5.76. The molecule has 23 heavy (non-hydrogen) atoms. The number of aromatic nitrogens is 6. The zero-order valence-corrected chi connectivity index (χ0v) is 12.7. The van der Waals surface area contributed by atoms with Crippen LogP contribution < -0.4 is 4.74 Å². The van der Waals surface area contributed by atoms with E-state index in [1.165, 1.54) is 0 Å². The average Bonchev–Trinajstić information content (AvgIpc) is 3.21. The lowest BCUT2D eigenvalue weighted by Crippen LogP contribution is -1.97. The number of nitrogens with zero attached hydrogens (tertiary/aromatic N) is 6. The van der Waals surface area contributed by atoms with Crippen molar-refractivity contribution in [3.05, 3.63) is 54.9 Å². The predicted molar refractivity (Wildman–Crippen MR) is 84.6 cm³/mol. The maximum atomic E-state index is 5.28. The summed E-state index contributed by atoms with van der Waals surface area (Å²) < 4.78 is 8.72. The number of hydrogen-bond donors (Lipinski definition) is 0. The van der Waals surface area contributed by atoms with Gasteiger partial charge in [-0.05, 0) is 19.1 Å². The van der Waals surface area contributed by atoms with Gasteiger partial charge in [0, 0.05) is 23.5 Å². The Morgan fingerprint density at radius 1 is 1.09 bits per heavy atom. The van der Waals surface area contributed by atoms with Crippen molar-refractivity contribution < 1.29 is 4.74 Å². The molecule has 0 aliphatic carbocycles. The lowest BCUT2D eigenvalue weighted by Gasteiger charge is -2.04. The van der Waals surface area contributed by atoms with Gasteiger partial charge in [-0.25, -0.2) is 19.2 Å². The number of rotatable bonds is 3.